The zero-order valence-corrected chi connectivity index (χ0v) is 12.6. The number of hydrogen-bond acceptors (Lipinski definition) is 2. The first kappa shape index (κ1) is 13.7. The highest BCUT2D eigenvalue weighted by atomic mass is 16.5. The number of ether oxygens (including phenoxy) is 1. The lowest BCUT2D eigenvalue weighted by Crippen LogP contribution is -2.24. The molecule has 2 nitrogen and oxygen atoms in total. The van der Waals surface area contributed by atoms with E-state index < -0.39 is 0 Å². The molecular weight excluding hydrogens is 248 g/mol. The van der Waals surface area contributed by atoms with Crippen molar-refractivity contribution in [3.05, 3.63) is 29.3 Å². The van der Waals surface area contributed by atoms with E-state index in [-0.39, 0.29) is 5.60 Å². The van der Waals surface area contributed by atoms with Crippen molar-refractivity contribution in [1.29, 1.82) is 0 Å². The SMILES string of the molecule is CC1(C)Cc2cc(C(=O)CC3CCCCC3)ccc2O1. The third-order valence-corrected chi connectivity index (χ3v) is 4.58. The summed E-state index contributed by atoms with van der Waals surface area (Å²) < 4.78 is 5.87. The van der Waals surface area contributed by atoms with E-state index in [2.05, 4.69) is 19.9 Å². The third-order valence-electron chi connectivity index (χ3n) is 4.58. The molecule has 1 aliphatic heterocycles. The molecule has 1 aliphatic carbocycles. The lowest BCUT2D eigenvalue weighted by Gasteiger charge is -2.20. The summed E-state index contributed by atoms with van der Waals surface area (Å²) >= 11 is 0. The Morgan fingerprint density at radius 1 is 1.25 bits per heavy atom. The topological polar surface area (TPSA) is 26.3 Å². The molecule has 20 heavy (non-hydrogen) atoms. The monoisotopic (exact) mass is 272 g/mol. The zero-order chi connectivity index (χ0) is 14.2. The maximum atomic E-state index is 12.4. The maximum Gasteiger partial charge on any atom is 0.163 e. The van der Waals surface area contributed by atoms with Gasteiger partial charge in [-0.15, -0.1) is 0 Å². The molecule has 0 radical (unpaired) electrons. The van der Waals surface area contributed by atoms with Gasteiger partial charge in [-0.2, -0.15) is 0 Å². The third kappa shape index (κ3) is 2.89. The van der Waals surface area contributed by atoms with E-state index in [0.29, 0.717) is 11.7 Å². The van der Waals surface area contributed by atoms with Crippen LogP contribution in [0.5, 0.6) is 5.75 Å². The van der Waals surface area contributed by atoms with Gasteiger partial charge >= 0.3 is 0 Å². The van der Waals surface area contributed by atoms with Gasteiger partial charge < -0.3 is 4.74 Å². The molecule has 0 spiro atoms. The largest absolute Gasteiger partial charge is 0.487 e. The van der Waals surface area contributed by atoms with Crippen LogP contribution in [0, 0.1) is 5.92 Å². The van der Waals surface area contributed by atoms with Gasteiger partial charge in [-0.05, 0) is 43.5 Å². The van der Waals surface area contributed by atoms with Crippen LogP contribution >= 0.6 is 0 Å². The summed E-state index contributed by atoms with van der Waals surface area (Å²) in [5.74, 6) is 1.87. The highest BCUT2D eigenvalue weighted by Crippen LogP contribution is 2.36. The molecule has 0 aromatic heterocycles. The predicted octanol–water partition coefficient (Wildman–Crippen LogP) is 4.55. The number of carbonyl (C=O) groups is 1. The van der Waals surface area contributed by atoms with Gasteiger partial charge in [0, 0.05) is 18.4 Å². The van der Waals surface area contributed by atoms with Gasteiger partial charge in [0.25, 0.3) is 0 Å². The average Bonchev–Trinajstić information content (AvgIpc) is 2.72. The minimum atomic E-state index is -0.132. The van der Waals surface area contributed by atoms with Crippen molar-refractivity contribution in [3.63, 3.8) is 0 Å². The van der Waals surface area contributed by atoms with E-state index in [0.717, 1.165) is 24.2 Å². The molecule has 0 saturated heterocycles. The Kier molecular flexibility index (Phi) is 3.57. The number of Topliss-reactive ketones (excluding diaryl/α,β-unsaturated/α-hetero) is 1. The van der Waals surface area contributed by atoms with Crippen molar-refractivity contribution in [1.82, 2.24) is 0 Å². The Hall–Kier alpha value is -1.31. The smallest absolute Gasteiger partial charge is 0.163 e. The first-order valence-electron chi connectivity index (χ1n) is 7.89. The molecule has 1 aromatic rings. The summed E-state index contributed by atoms with van der Waals surface area (Å²) in [5, 5.41) is 0. The van der Waals surface area contributed by atoms with Gasteiger partial charge in [-0.3, -0.25) is 4.79 Å². The van der Waals surface area contributed by atoms with Crippen molar-refractivity contribution in [2.75, 3.05) is 0 Å². The second-order valence-electron chi connectivity index (χ2n) is 6.99. The molecule has 0 unspecified atom stereocenters. The average molecular weight is 272 g/mol. The number of carbonyl (C=O) groups excluding carboxylic acids is 1. The molecule has 2 heteroatoms. The fourth-order valence-electron chi connectivity index (χ4n) is 3.55. The molecule has 0 bridgehead atoms. The van der Waals surface area contributed by atoms with Crippen LogP contribution in [0.1, 0.15) is 68.3 Å². The van der Waals surface area contributed by atoms with Crippen LogP contribution in [0.25, 0.3) is 0 Å². The fraction of sp³-hybridized carbons (Fsp3) is 0.611. The standard InChI is InChI=1S/C18H24O2/c1-18(2)12-15-11-14(8-9-17(15)20-18)16(19)10-13-6-4-3-5-7-13/h8-9,11,13H,3-7,10,12H2,1-2H3. The van der Waals surface area contributed by atoms with Crippen LogP contribution < -0.4 is 4.74 Å². The van der Waals surface area contributed by atoms with Crippen LogP contribution in [-0.4, -0.2) is 11.4 Å². The number of benzene rings is 1. The molecule has 0 amide bonds. The van der Waals surface area contributed by atoms with Gasteiger partial charge in [0.15, 0.2) is 5.78 Å². The predicted molar refractivity (Wildman–Crippen MR) is 80.4 cm³/mol. The van der Waals surface area contributed by atoms with Crippen molar-refractivity contribution in [2.24, 2.45) is 5.92 Å². The second-order valence-corrected chi connectivity index (χ2v) is 6.99. The lowest BCUT2D eigenvalue weighted by molar-refractivity contribution is 0.0950. The van der Waals surface area contributed by atoms with Gasteiger partial charge in [0.1, 0.15) is 11.4 Å². The van der Waals surface area contributed by atoms with Crippen molar-refractivity contribution in [2.45, 2.75) is 64.4 Å². The molecule has 2 aliphatic rings. The summed E-state index contributed by atoms with van der Waals surface area (Å²) in [7, 11) is 0. The lowest BCUT2D eigenvalue weighted by atomic mass is 9.84. The molecule has 1 aromatic carbocycles. The summed E-state index contributed by atoms with van der Waals surface area (Å²) in [6.07, 6.45) is 8.01. The molecule has 1 saturated carbocycles. The Morgan fingerprint density at radius 3 is 2.75 bits per heavy atom. The number of hydrogen-bond donors (Lipinski definition) is 0. The van der Waals surface area contributed by atoms with Crippen LogP contribution in [0.15, 0.2) is 18.2 Å². The van der Waals surface area contributed by atoms with Gasteiger partial charge in [0.2, 0.25) is 0 Å². The first-order chi connectivity index (χ1) is 9.53. The van der Waals surface area contributed by atoms with Gasteiger partial charge in [-0.25, -0.2) is 0 Å². The Labute approximate surface area is 121 Å². The van der Waals surface area contributed by atoms with E-state index >= 15 is 0 Å². The minimum Gasteiger partial charge on any atom is -0.487 e. The Bertz CT molecular complexity index is 510. The molecule has 3 rings (SSSR count). The van der Waals surface area contributed by atoms with Crippen LogP contribution in [0.4, 0.5) is 0 Å². The molecule has 1 heterocycles. The molecule has 1 fully saturated rings. The number of rotatable bonds is 3. The Morgan fingerprint density at radius 2 is 2.00 bits per heavy atom. The Balaban J connectivity index is 1.70. The highest BCUT2D eigenvalue weighted by Gasteiger charge is 2.30. The van der Waals surface area contributed by atoms with E-state index in [1.165, 1.54) is 37.7 Å². The molecule has 0 atom stereocenters. The first-order valence-corrected chi connectivity index (χ1v) is 7.89. The molecular formula is C18H24O2. The van der Waals surface area contributed by atoms with Gasteiger partial charge in [0.05, 0.1) is 0 Å². The van der Waals surface area contributed by atoms with Gasteiger partial charge in [-0.1, -0.05) is 32.1 Å². The minimum absolute atomic E-state index is 0.132. The summed E-state index contributed by atoms with van der Waals surface area (Å²) in [6, 6.07) is 5.96. The van der Waals surface area contributed by atoms with E-state index in [1.54, 1.807) is 0 Å². The summed E-state index contributed by atoms with van der Waals surface area (Å²) in [6.45, 7) is 4.19. The van der Waals surface area contributed by atoms with E-state index in [1.807, 2.05) is 12.1 Å². The summed E-state index contributed by atoms with van der Waals surface area (Å²) in [4.78, 5) is 12.4. The molecule has 0 N–H and O–H groups in total. The highest BCUT2D eigenvalue weighted by molar-refractivity contribution is 5.96. The summed E-state index contributed by atoms with van der Waals surface area (Å²) in [5.41, 5.74) is 1.92. The van der Waals surface area contributed by atoms with E-state index in [4.69, 9.17) is 4.74 Å². The van der Waals surface area contributed by atoms with Crippen molar-refractivity contribution >= 4 is 5.78 Å². The van der Waals surface area contributed by atoms with E-state index in [9.17, 15) is 4.79 Å². The zero-order valence-electron chi connectivity index (χ0n) is 12.6. The normalized spacial score (nSPS) is 21.3. The van der Waals surface area contributed by atoms with Crippen LogP contribution in [-0.2, 0) is 6.42 Å². The van der Waals surface area contributed by atoms with Crippen LogP contribution in [0.2, 0.25) is 0 Å². The quantitative estimate of drug-likeness (QED) is 0.754. The molecule has 108 valence electrons. The second kappa shape index (κ2) is 5.23. The number of ketones is 1. The fourth-order valence-corrected chi connectivity index (χ4v) is 3.55. The van der Waals surface area contributed by atoms with Crippen LogP contribution in [0.3, 0.4) is 0 Å². The maximum absolute atomic E-state index is 12.4. The number of fused-ring (bicyclic) bond motifs is 1. The van der Waals surface area contributed by atoms with Crippen molar-refractivity contribution in [3.8, 4) is 5.75 Å². The van der Waals surface area contributed by atoms with Crippen molar-refractivity contribution < 1.29 is 9.53 Å².